The summed E-state index contributed by atoms with van der Waals surface area (Å²) in [6.45, 7) is 15.3. The van der Waals surface area contributed by atoms with Gasteiger partial charge in [0.25, 0.3) is 0 Å². The van der Waals surface area contributed by atoms with Crippen LogP contribution in [-0.2, 0) is 0 Å². The van der Waals surface area contributed by atoms with Crippen LogP contribution < -0.4 is 5.73 Å². The maximum absolute atomic E-state index is 6.62. The lowest BCUT2D eigenvalue weighted by Crippen LogP contribution is -2.17. The molecule has 1 atom stereocenters. The van der Waals surface area contributed by atoms with Crippen LogP contribution in [0.3, 0.4) is 0 Å². The lowest BCUT2D eigenvalue weighted by molar-refractivity contribution is 0.841. The zero-order chi connectivity index (χ0) is 15.9. The van der Waals surface area contributed by atoms with Gasteiger partial charge in [-0.2, -0.15) is 0 Å². The molecule has 2 aromatic carbocycles. The maximum atomic E-state index is 6.62. The van der Waals surface area contributed by atoms with E-state index in [1.807, 2.05) is 0 Å². The summed E-state index contributed by atoms with van der Waals surface area (Å²) in [6, 6.07) is 6.51. The average molecular weight is 281 g/mol. The SMILES string of the molecule is Cc1ccc(C(N)c2c(C)c(C)c(C)c(C)c2C)cc1C. The Morgan fingerprint density at radius 3 is 1.62 bits per heavy atom. The summed E-state index contributed by atoms with van der Waals surface area (Å²) in [5, 5.41) is 0. The largest absolute Gasteiger partial charge is 0.320 e. The van der Waals surface area contributed by atoms with Crippen LogP contribution in [0.15, 0.2) is 18.2 Å². The highest BCUT2D eigenvalue weighted by atomic mass is 14.6. The van der Waals surface area contributed by atoms with Gasteiger partial charge in [-0.15, -0.1) is 0 Å². The number of hydrogen-bond donors (Lipinski definition) is 1. The molecular weight excluding hydrogens is 254 g/mol. The Hall–Kier alpha value is -1.60. The second kappa shape index (κ2) is 5.65. The summed E-state index contributed by atoms with van der Waals surface area (Å²) in [5.74, 6) is 0. The fraction of sp³-hybridized carbons (Fsp3) is 0.400. The van der Waals surface area contributed by atoms with Gasteiger partial charge in [0, 0.05) is 0 Å². The summed E-state index contributed by atoms with van der Waals surface area (Å²) >= 11 is 0. The average Bonchev–Trinajstić information content (AvgIpc) is 2.46. The minimum absolute atomic E-state index is 0.0534. The predicted octanol–water partition coefficient (Wildman–Crippen LogP) is 4.89. The van der Waals surface area contributed by atoms with Crippen molar-refractivity contribution in [2.24, 2.45) is 5.73 Å². The molecule has 0 bridgehead atoms. The van der Waals surface area contributed by atoms with Crippen LogP contribution >= 0.6 is 0 Å². The second-order valence-electron chi connectivity index (χ2n) is 6.36. The molecule has 1 nitrogen and oxygen atoms in total. The summed E-state index contributed by atoms with van der Waals surface area (Å²) in [4.78, 5) is 0. The van der Waals surface area contributed by atoms with Crippen LogP contribution in [0.1, 0.15) is 56.1 Å². The van der Waals surface area contributed by atoms with Gasteiger partial charge in [-0.05, 0) is 98.5 Å². The van der Waals surface area contributed by atoms with E-state index >= 15 is 0 Å². The zero-order valence-corrected chi connectivity index (χ0v) is 14.4. The van der Waals surface area contributed by atoms with E-state index in [9.17, 15) is 0 Å². The molecule has 0 radical (unpaired) electrons. The molecule has 2 rings (SSSR count). The van der Waals surface area contributed by atoms with E-state index in [1.165, 1.54) is 50.1 Å². The monoisotopic (exact) mass is 281 g/mol. The number of benzene rings is 2. The van der Waals surface area contributed by atoms with E-state index in [0.717, 1.165) is 0 Å². The van der Waals surface area contributed by atoms with Gasteiger partial charge < -0.3 is 5.73 Å². The van der Waals surface area contributed by atoms with Crippen molar-refractivity contribution in [3.05, 3.63) is 68.3 Å². The van der Waals surface area contributed by atoms with Gasteiger partial charge in [0.15, 0.2) is 0 Å². The molecular formula is C20H27N. The van der Waals surface area contributed by atoms with E-state index in [-0.39, 0.29) is 6.04 Å². The first-order valence-corrected chi connectivity index (χ1v) is 7.65. The van der Waals surface area contributed by atoms with Gasteiger partial charge in [-0.25, -0.2) is 0 Å². The van der Waals surface area contributed by atoms with Crippen molar-refractivity contribution in [2.45, 2.75) is 54.5 Å². The quantitative estimate of drug-likeness (QED) is 0.833. The Labute approximate surface area is 129 Å². The van der Waals surface area contributed by atoms with Crippen LogP contribution in [0.4, 0.5) is 0 Å². The van der Waals surface area contributed by atoms with Crippen LogP contribution in [0.5, 0.6) is 0 Å². The Morgan fingerprint density at radius 2 is 1.14 bits per heavy atom. The molecule has 0 aromatic heterocycles. The van der Waals surface area contributed by atoms with Crippen molar-refractivity contribution in [3.63, 3.8) is 0 Å². The molecule has 2 aromatic rings. The summed E-state index contributed by atoms with van der Waals surface area (Å²) in [6.07, 6.45) is 0. The molecule has 2 N–H and O–H groups in total. The van der Waals surface area contributed by atoms with Crippen molar-refractivity contribution in [1.82, 2.24) is 0 Å². The highest BCUT2D eigenvalue weighted by Crippen LogP contribution is 2.32. The van der Waals surface area contributed by atoms with E-state index in [0.29, 0.717) is 0 Å². The summed E-state index contributed by atoms with van der Waals surface area (Å²) in [5.41, 5.74) is 18.5. The van der Waals surface area contributed by atoms with Gasteiger partial charge >= 0.3 is 0 Å². The van der Waals surface area contributed by atoms with Crippen molar-refractivity contribution < 1.29 is 0 Å². The molecule has 0 heterocycles. The fourth-order valence-corrected chi connectivity index (χ4v) is 3.12. The minimum Gasteiger partial charge on any atom is -0.320 e. The Kier molecular flexibility index (Phi) is 4.25. The lowest BCUT2D eigenvalue weighted by Gasteiger charge is -2.24. The molecule has 21 heavy (non-hydrogen) atoms. The molecule has 1 heteroatoms. The zero-order valence-electron chi connectivity index (χ0n) is 14.4. The summed E-state index contributed by atoms with van der Waals surface area (Å²) in [7, 11) is 0. The van der Waals surface area contributed by atoms with Crippen molar-refractivity contribution >= 4 is 0 Å². The first kappa shape index (κ1) is 15.8. The highest BCUT2D eigenvalue weighted by molar-refractivity contribution is 5.53. The van der Waals surface area contributed by atoms with Gasteiger partial charge in [0.1, 0.15) is 0 Å². The molecule has 112 valence electrons. The molecule has 0 fully saturated rings. The first-order valence-electron chi connectivity index (χ1n) is 7.65. The molecule has 0 spiro atoms. The van der Waals surface area contributed by atoms with E-state index in [2.05, 4.69) is 66.7 Å². The topological polar surface area (TPSA) is 26.0 Å². The van der Waals surface area contributed by atoms with Crippen LogP contribution in [-0.4, -0.2) is 0 Å². The first-order chi connectivity index (χ1) is 9.75. The number of rotatable bonds is 2. The van der Waals surface area contributed by atoms with E-state index < -0.39 is 0 Å². The standard InChI is InChI=1S/C20H27N/c1-11-8-9-18(10-12(11)2)20(21)19-16(6)14(4)13(3)15(5)17(19)7/h8-10,20H,21H2,1-7H3. The second-order valence-corrected chi connectivity index (χ2v) is 6.36. The predicted molar refractivity (Wildman–Crippen MR) is 92.1 cm³/mol. The van der Waals surface area contributed by atoms with Crippen molar-refractivity contribution in [2.75, 3.05) is 0 Å². The molecule has 0 aliphatic carbocycles. The Bertz CT molecular complexity index is 666. The summed E-state index contributed by atoms with van der Waals surface area (Å²) < 4.78 is 0. The van der Waals surface area contributed by atoms with Gasteiger partial charge in [-0.1, -0.05) is 18.2 Å². The highest BCUT2D eigenvalue weighted by Gasteiger charge is 2.19. The molecule has 0 saturated carbocycles. The third-order valence-electron chi connectivity index (χ3n) is 5.26. The smallest absolute Gasteiger partial charge is 0.0557 e. The molecule has 0 saturated heterocycles. The third-order valence-corrected chi connectivity index (χ3v) is 5.26. The van der Waals surface area contributed by atoms with Crippen LogP contribution in [0.25, 0.3) is 0 Å². The minimum atomic E-state index is -0.0534. The molecule has 0 aliphatic heterocycles. The van der Waals surface area contributed by atoms with E-state index in [1.54, 1.807) is 0 Å². The normalized spacial score (nSPS) is 12.6. The fourth-order valence-electron chi connectivity index (χ4n) is 3.12. The lowest BCUT2D eigenvalue weighted by atomic mass is 9.84. The van der Waals surface area contributed by atoms with Gasteiger partial charge in [-0.3, -0.25) is 0 Å². The third kappa shape index (κ3) is 2.63. The van der Waals surface area contributed by atoms with Gasteiger partial charge in [0.2, 0.25) is 0 Å². The van der Waals surface area contributed by atoms with Crippen LogP contribution in [0, 0.1) is 48.5 Å². The Balaban J connectivity index is 2.63. The maximum Gasteiger partial charge on any atom is 0.0557 e. The van der Waals surface area contributed by atoms with E-state index in [4.69, 9.17) is 5.73 Å². The molecule has 1 unspecified atom stereocenters. The van der Waals surface area contributed by atoms with Crippen LogP contribution in [0.2, 0.25) is 0 Å². The molecule has 0 amide bonds. The Morgan fingerprint density at radius 1 is 0.667 bits per heavy atom. The number of nitrogens with two attached hydrogens (primary N) is 1. The van der Waals surface area contributed by atoms with Gasteiger partial charge in [0.05, 0.1) is 6.04 Å². The van der Waals surface area contributed by atoms with Crippen molar-refractivity contribution in [1.29, 1.82) is 0 Å². The number of hydrogen-bond acceptors (Lipinski definition) is 1. The molecule has 0 aliphatic rings. The number of aryl methyl sites for hydroxylation is 2. The van der Waals surface area contributed by atoms with Crippen molar-refractivity contribution in [3.8, 4) is 0 Å².